The Balaban J connectivity index is 1.62. The number of nitrogens with zero attached hydrogens (tertiary/aromatic N) is 2. The average molecular weight is 352 g/mol. The number of oxazole rings is 1. The third-order valence-corrected chi connectivity index (χ3v) is 4.39. The van der Waals surface area contributed by atoms with Gasteiger partial charge in [-0.25, -0.2) is 0 Å². The number of aromatic nitrogens is 1. The van der Waals surface area contributed by atoms with Gasteiger partial charge in [-0.2, -0.15) is 4.98 Å². The third-order valence-electron chi connectivity index (χ3n) is 4.15. The number of fused-ring (bicyclic) bond motifs is 1. The molecule has 0 radical (unpaired) electrons. The van der Waals surface area contributed by atoms with Crippen LogP contribution in [0.25, 0.3) is 11.1 Å². The molecule has 1 aliphatic rings. The molecular formula is C17H22ClN3O3. The van der Waals surface area contributed by atoms with Crippen LogP contribution in [0.4, 0.5) is 6.01 Å². The van der Waals surface area contributed by atoms with Crippen molar-refractivity contribution < 1.29 is 13.9 Å². The fraction of sp³-hybridized carbons (Fsp3) is 0.529. The zero-order valence-corrected chi connectivity index (χ0v) is 14.5. The van der Waals surface area contributed by atoms with Crippen LogP contribution in [0.2, 0.25) is 5.02 Å². The van der Waals surface area contributed by atoms with Gasteiger partial charge in [0.15, 0.2) is 5.58 Å². The maximum Gasteiger partial charge on any atom is 0.298 e. The summed E-state index contributed by atoms with van der Waals surface area (Å²) in [4.78, 5) is 18.8. The minimum absolute atomic E-state index is 0.0565. The highest BCUT2D eigenvalue weighted by molar-refractivity contribution is 6.31. The van der Waals surface area contributed by atoms with Gasteiger partial charge in [-0.1, -0.05) is 11.6 Å². The lowest BCUT2D eigenvalue weighted by Gasteiger charge is -2.30. The Hall–Kier alpha value is -1.79. The van der Waals surface area contributed by atoms with Gasteiger partial charge in [0.1, 0.15) is 5.52 Å². The lowest BCUT2D eigenvalue weighted by molar-refractivity contribution is -0.125. The quantitative estimate of drug-likeness (QED) is 0.810. The monoisotopic (exact) mass is 351 g/mol. The number of carbonyl (C=O) groups is 1. The van der Waals surface area contributed by atoms with E-state index in [9.17, 15) is 4.79 Å². The molecule has 3 rings (SSSR count). The van der Waals surface area contributed by atoms with Gasteiger partial charge in [-0.3, -0.25) is 4.79 Å². The molecule has 1 aliphatic heterocycles. The van der Waals surface area contributed by atoms with Crippen LogP contribution in [0.3, 0.4) is 0 Å². The largest absolute Gasteiger partial charge is 0.423 e. The van der Waals surface area contributed by atoms with Crippen molar-refractivity contribution in [3.63, 3.8) is 0 Å². The number of amides is 1. The first-order valence-corrected chi connectivity index (χ1v) is 8.71. The first-order valence-electron chi connectivity index (χ1n) is 8.34. The zero-order chi connectivity index (χ0) is 16.9. The summed E-state index contributed by atoms with van der Waals surface area (Å²) in [5.41, 5.74) is 1.44. The second-order valence-electron chi connectivity index (χ2n) is 5.88. The second kappa shape index (κ2) is 7.85. The summed E-state index contributed by atoms with van der Waals surface area (Å²) >= 11 is 5.99. The topological polar surface area (TPSA) is 67.6 Å². The molecule has 7 heteroatoms. The summed E-state index contributed by atoms with van der Waals surface area (Å²) in [6.07, 6.45) is 1.81. The Morgan fingerprint density at radius 1 is 1.54 bits per heavy atom. The molecule has 0 saturated carbocycles. The molecule has 0 bridgehead atoms. The van der Waals surface area contributed by atoms with E-state index in [0.717, 1.165) is 24.9 Å². The Labute approximate surface area is 146 Å². The Kier molecular flexibility index (Phi) is 5.58. The number of hydrogen-bond acceptors (Lipinski definition) is 5. The van der Waals surface area contributed by atoms with Gasteiger partial charge in [0, 0.05) is 31.3 Å². The van der Waals surface area contributed by atoms with Crippen LogP contribution in [0.1, 0.15) is 19.8 Å². The van der Waals surface area contributed by atoms with E-state index >= 15 is 0 Å². The van der Waals surface area contributed by atoms with Gasteiger partial charge in [0.2, 0.25) is 5.91 Å². The van der Waals surface area contributed by atoms with Gasteiger partial charge < -0.3 is 19.4 Å². The number of piperidine rings is 1. The molecular weight excluding hydrogens is 330 g/mol. The lowest BCUT2D eigenvalue weighted by atomic mass is 9.97. The Morgan fingerprint density at radius 3 is 3.25 bits per heavy atom. The first-order chi connectivity index (χ1) is 11.7. The minimum atomic E-state index is -0.0565. The second-order valence-corrected chi connectivity index (χ2v) is 6.32. The van der Waals surface area contributed by atoms with E-state index in [-0.39, 0.29) is 11.8 Å². The fourth-order valence-corrected chi connectivity index (χ4v) is 3.09. The maximum atomic E-state index is 12.3. The van der Waals surface area contributed by atoms with Crippen LogP contribution in [0, 0.1) is 5.92 Å². The van der Waals surface area contributed by atoms with Crippen molar-refractivity contribution in [1.82, 2.24) is 10.3 Å². The molecule has 2 heterocycles. The SMILES string of the molecule is CCOCCNC(=O)C1CCCN(c2nc3cc(Cl)ccc3o2)C1. The van der Waals surface area contributed by atoms with E-state index in [4.69, 9.17) is 20.8 Å². The van der Waals surface area contributed by atoms with E-state index < -0.39 is 0 Å². The zero-order valence-electron chi connectivity index (χ0n) is 13.8. The standard InChI is InChI=1S/C17H22ClN3O3/c1-2-23-9-7-19-16(22)12-4-3-8-21(11-12)17-20-14-10-13(18)5-6-15(14)24-17/h5-6,10,12H,2-4,7-9,11H2,1H3,(H,19,22). The number of benzene rings is 1. The van der Waals surface area contributed by atoms with E-state index in [1.807, 2.05) is 17.9 Å². The number of hydrogen-bond donors (Lipinski definition) is 1. The van der Waals surface area contributed by atoms with Crippen molar-refractivity contribution in [2.24, 2.45) is 5.92 Å². The van der Waals surface area contributed by atoms with Crippen molar-refractivity contribution in [1.29, 1.82) is 0 Å². The molecule has 2 aromatic rings. The molecule has 1 N–H and O–H groups in total. The number of anilines is 1. The third kappa shape index (κ3) is 3.99. The van der Waals surface area contributed by atoms with Crippen LogP contribution in [-0.4, -0.2) is 43.7 Å². The number of nitrogens with one attached hydrogen (secondary N) is 1. The molecule has 24 heavy (non-hydrogen) atoms. The van der Waals surface area contributed by atoms with Crippen molar-refractivity contribution >= 4 is 34.6 Å². The molecule has 1 aromatic heterocycles. The molecule has 1 aromatic carbocycles. The predicted molar refractivity (Wildman–Crippen MR) is 93.5 cm³/mol. The van der Waals surface area contributed by atoms with Crippen LogP contribution >= 0.6 is 11.6 Å². The van der Waals surface area contributed by atoms with E-state index in [1.54, 1.807) is 12.1 Å². The van der Waals surface area contributed by atoms with Gasteiger partial charge in [0.05, 0.1) is 12.5 Å². The molecule has 1 saturated heterocycles. The van der Waals surface area contributed by atoms with Crippen LogP contribution < -0.4 is 10.2 Å². The minimum Gasteiger partial charge on any atom is -0.423 e. The highest BCUT2D eigenvalue weighted by atomic mass is 35.5. The van der Waals surface area contributed by atoms with Gasteiger partial charge >= 0.3 is 0 Å². The molecule has 6 nitrogen and oxygen atoms in total. The highest BCUT2D eigenvalue weighted by Gasteiger charge is 2.28. The molecule has 0 spiro atoms. The normalized spacial score (nSPS) is 18.1. The number of carbonyl (C=O) groups excluding carboxylic acids is 1. The Bertz CT molecular complexity index is 703. The van der Waals surface area contributed by atoms with Gasteiger partial charge in [-0.15, -0.1) is 0 Å². The molecule has 130 valence electrons. The average Bonchev–Trinajstić information content (AvgIpc) is 3.02. The predicted octanol–water partition coefficient (Wildman–Crippen LogP) is 2.85. The van der Waals surface area contributed by atoms with E-state index in [0.29, 0.717) is 42.9 Å². The van der Waals surface area contributed by atoms with Crippen LogP contribution in [0.5, 0.6) is 0 Å². The van der Waals surface area contributed by atoms with Gasteiger partial charge in [-0.05, 0) is 38.0 Å². The summed E-state index contributed by atoms with van der Waals surface area (Å²) in [5, 5.41) is 3.57. The summed E-state index contributed by atoms with van der Waals surface area (Å²) in [6.45, 7) is 5.14. The molecule has 1 fully saturated rings. The van der Waals surface area contributed by atoms with E-state index in [1.165, 1.54) is 0 Å². The fourth-order valence-electron chi connectivity index (χ4n) is 2.92. The highest BCUT2D eigenvalue weighted by Crippen LogP contribution is 2.27. The Morgan fingerprint density at radius 2 is 2.42 bits per heavy atom. The van der Waals surface area contributed by atoms with Crippen LogP contribution in [0.15, 0.2) is 22.6 Å². The van der Waals surface area contributed by atoms with Crippen molar-refractivity contribution in [2.75, 3.05) is 37.7 Å². The maximum absolute atomic E-state index is 12.3. The smallest absolute Gasteiger partial charge is 0.298 e. The van der Waals surface area contributed by atoms with Gasteiger partial charge in [0.25, 0.3) is 6.01 Å². The molecule has 1 unspecified atom stereocenters. The number of ether oxygens (including phenoxy) is 1. The number of halogens is 1. The molecule has 1 amide bonds. The van der Waals surface area contributed by atoms with Crippen molar-refractivity contribution in [3.05, 3.63) is 23.2 Å². The summed E-state index contributed by atoms with van der Waals surface area (Å²) < 4.78 is 11.1. The van der Waals surface area contributed by atoms with Crippen molar-refractivity contribution in [3.8, 4) is 0 Å². The number of rotatable bonds is 6. The molecule has 0 aliphatic carbocycles. The first kappa shape index (κ1) is 17.0. The van der Waals surface area contributed by atoms with E-state index in [2.05, 4.69) is 10.3 Å². The van der Waals surface area contributed by atoms with Crippen LogP contribution in [-0.2, 0) is 9.53 Å². The summed E-state index contributed by atoms with van der Waals surface area (Å²) in [6, 6.07) is 5.94. The summed E-state index contributed by atoms with van der Waals surface area (Å²) in [5.74, 6) is 0.0116. The molecule has 1 atom stereocenters. The lowest BCUT2D eigenvalue weighted by Crippen LogP contribution is -2.43. The summed E-state index contributed by atoms with van der Waals surface area (Å²) in [7, 11) is 0. The van der Waals surface area contributed by atoms with Crippen molar-refractivity contribution in [2.45, 2.75) is 19.8 Å².